The molecule has 0 spiro atoms. The third kappa shape index (κ3) is 0.963. The van der Waals surface area contributed by atoms with Crippen molar-refractivity contribution >= 4 is 11.6 Å². The van der Waals surface area contributed by atoms with Crippen LogP contribution in [0.4, 0.5) is 0 Å². The van der Waals surface area contributed by atoms with Gasteiger partial charge in [-0.3, -0.25) is 0 Å². The molecule has 0 amide bonds. The first-order chi connectivity index (χ1) is 6.77. The van der Waals surface area contributed by atoms with Crippen LogP contribution in [0.5, 0.6) is 0 Å². The van der Waals surface area contributed by atoms with Crippen LogP contribution >= 0.6 is 11.6 Å². The number of hydrogen-bond donors (Lipinski definition) is 1. The van der Waals surface area contributed by atoms with Gasteiger partial charge in [0, 0.05) is 11.8 Å². The van der Waals surface area contributed by atoms with Gasteiger partial charge in [0.15, 0.2) is 0 Å². The number of allylic oxidation sites excluding steroid dienone is 2. The van der Waals surface area contributed by atoms with Gasteiger partial charge in [0.05, 0.1) is 11.1 Å². The molecule has 0 saturated carbocycles. The molecule has 14 heavy (non-hydrogen) atoms. The number of fused-ring (bicyclic) bond motifs is 4. The van der Waals surface area contributed by atoms with Crippen molar-refractivity contribution in [3.8, 4) is 0 Å². The molecule has 0 aromatic heterocycles. The summed E-state index contributed by atoms with van der Waals surface area (Å²) in [5, 5.41) is 9.80. The van der Waals surface area contributed by atoms with E-state index in [9.17, 15) is 5.11 Å². The van der Waals surface area contributed by atoms with Gasteiger partial charge >= 0.3 is 0 Å². The highest BCUT2D eigenvalue weighted by atomic mass is 35.5. The molecule has 0 aliphatic heterocycles. The molecule has 0 radical (unpaired) electrons. The van der Waals surface area contributed by atoms with E-state index in [1.54, 1.807) is 0 Å². The Morgan fingerprint density at radius 2 is 1.93 bits per heavy atom. The number of benzene rings is 1. The van der Waals surface area contributed by atoms with Crippen molar-refractivity contribution in [1.29, 1.82) is 0 Å². The quantitative estimate of drug-likeness (QED) is 0.644. The molecule has 0 heterocycles. The second-order valence-corrected chi connectivity index (χ2v) is 4.54. The molecule has 1 nitrogen and oxygen atoms in total. The predicted octanol–water partition coefficient (Wildman–Crippen LogP) is 3.53. The zero-order valence-corrected chi connectivity index (χ0v) is 8.41. The molecule has 0 unspecified atom stereocenters. The van der Waals surface area contributed by atoms with Crippen molar-refractivity contribution in [2.24, 2.45) is 5.92 Å². The van der Waals surface area contributed by atoms with Crippen molar-refractivity contribution in [3.05, 3.63) is 47.2 Å². The Kier molecular flexibility index (Phi) is 1.65. The summed E-state index contributed by atoms with van der Waals surface area (Å²) in [6.07, 6.45) is 2.89. The van der Waals surface area contributed by atoms with E-state index in [-0.39, 0.29) is 11.3 Å². The largest absolute Gasteiger partial charge is 0.512 e. The summed E-state index contributed by atoms with van der Waals surface area (Å²) < 4.78 is 0. The van der Waals surface area contributed by atoms with Crippen LogP contribution < -0.4 is 0 Å². The Morgan fingerprint density at radius 1 is 1.21 bits per heavy atom. The van der Waals surface area contributed by atoms with Crippen LogP contribution in [0.1, 0.15) is 28.8 Å². The summed E-state index contributed by atoms with van der Waals surface area (Å²) in [4.78, 5) is 0. The Hall–Kier alpha value is -0.950. The van der Waals surface area contributed by atoms with Crippen molar-refractivity contribution in [1.82, 2.24) is 0 Å². The third-order valence-corrected chi connectivity index (χ3v) is 3.85. The molecule has 2 aliphatic rings. The second kappa shape index (κ2) is 2.77. The fraction of sp³-hybridized carbons (Fsp3) is 0.333. The first-order valence-corrected chi connectivity index (χ1v) is 5.34. The summed E-state index contributed by atoms with van der Waals surface area (Å²) in [7, 11) is 0. The lowest BCUT2D eigenvalue weighted by Gasteiger charge is -2.27. The van der Waals surface area contributed by atoms with Crippen LogP contribution in [0.15, 0.2) is 36.1 Å². The second-order valence-electron chi connectivity index (χ2n) is 4.07. The van der Waals surface area contributed by atoms with E-state index >= 15 is 0 Å². The lowest BCUT2D eigenvalue weighted by molar-refractivity contribution is 0.369. The Bertz CT molecular complexity index is 411. The zero-order chi connectivity index (χ0) is 9.71. The number of alkyl halides is 1. The Labute approximate surface area is 88.0 Å². The summed E-state index contributed by atoms with van der Waals surface area (Å²) in [6, 6.07) is 8.16. The summed E-state index contributed by atoms with van der Waals surface area (Å²) >= 11 is 6.35. The van der Waals surface area contributed by atoms with Crippen molar-refractivity contribution in [2.45, 2.75) is 17.7 Å². The van der Waals surface area contributed by atoms with E-state index in [1.807, 2.05) is 18.2 Å². The van der Waals surface area contributed by atoms with Gasteiger partial charge in [0.25, 0.3) is 0 Å². The molecular formula is C12H11ClO. The maximum atomic E-state index is 9.77. The maximum absolute atomic E-state index is 9.77. The third-order valence-electron chi connectivity index (χ3n) is 3.29. The number of hydrogen-bond acceptors (Lipinski definition) is 1. The van der Waals surface area contributed by atoms with Crippen LogP contribution in [0.25, 0.3) is 0 Å². The minimum absolute atomic E-state index is 0.0344. The number of halogens is 1. The average molecular weight is 207 g/mol. The molecule has 1 aromatic rings. The number of aliphatic hydroxyl groups excluding tert-OH is 1. The first kappa shape index (κ1) is 8.37. The lowest BCUT2D eigenvalue weighted by atomic mass is 9.81. The standard InChI is InChI=1S/C12H11ClO/c13-12-7-5-10(11(14)6-7)8-3-1-2-4-9(8)12/h1-4,6-7,10,12,14H,5H2/t7-,10+,12+/m1/s1. The topological polar surface area (TPSA) is 20.2 Å². The number of rotatable bonds is 0. The molecule has 2 aliphatic carbocycles. The van der Waals surface area contributed by atoms with E-state index in [0.717, 1.165) is 6.42 Å². The molecule has 1 aromatic carbocycles. The fourth-order valence-corrected chi connectivity index (χ4v) is 2.97. The highest BCUT2D eigenvalue weighted by molar-refractivity contribution is 6.21. The lowest BCUT2D eigenvalue weighted by Crippen LogP contribution is -2.14. The molecule has 2 bridgehead atoms. The van der Waals surface area contributed by atoms with Crippen LogP contribution in [0.3, 0.4) is 0 Å². The number of aliphatic hydroxyl groups is 1. The highest BCUT2D eigenvalue weighted by Gasteiger charge is 2.39. The van der Waals surface area contributed by atoms with Crippen molar-refractivity contribution in [2.75, 3.05) is 0 Å². The van der Waals surface area contributed by atoms with E-state index in [0.29, 0.717) is 11.7 Å². The van der Waals surface area contributed by atoms with E-state index in [2.05, 4.69) is 12.1 Å². The van der Waals surface area contributed by atoms with Crippen molar-refractivity contribution in [3.63, 3.8) is 0 Å². The predicted molar refractivity (Wildman–Crippen MR) is 56.6 cm³/mol. The van der Waals surface area contributed by atoms with Gasteiger partial charge in [-0.1, -0.05) is 24.3 Å². The zero-order valence-electron chi connectivity index (χ0n) is 7.65. The van der Waals surface area contributed by atoms with E-state index < -0.39 is 0 Å². The highest BCUT2D eigenvalue weighted by Crippen LogP contribution is 2.51. The Morgan fingerprint density at radius 3 is 2.71 bits per heavy atom. The maximum Gasteiger partial charge on any atom is 0.0961 e. The van der Waals surface area contributed by atoms with Crippen LogP contribution in [-0.2, 0) is 0 Å². The van der Waals surface area contributed by atoms with Crippen LogP contribution in [-0.4, -0.2) is 5.11 Å². The molecule has 1 N–H and O–H groups in total. The molecule has 72 valence electrons. The van der Waals surface area contributed by atoms with Gasteiger partial charge in [-0.05, 0) is 23.6 Å². The SMILES string of the molecule is OC1=C[C@H]2C[C@H]1c1ccccc1[C@H]2Cl. The minimum Gasteiger partial charge on any atom is -0.512 e. The Balaban J connectivity index is 2.21. The van der Waals surface area contributed by atoms with E-state index in [4.69, 9.17) is 11.6 Å². The van der Waals surface area contributed by atoms with Crippen LogP contribution in [0.2, 0.25) is 0 Å². The van der Waals surface area contributed by atoms with Gasteiger partial charge in [-0.2, -0.15) is 0 Å². The van der Waals surface area contributed by atoms with E-state index in [1.165, 1.54) is 11.1 Å². The summed E-state index contributed by atoms with van der Waals surface area (Å²) in [5.41, 5.74) is 2.39. The van der Waals surface area contributed by atoms with Gasteiger partial charge in [0.2, 0.25) is 0 Å². The minimum atomic E-state index is 0.0344. The molecular weight excluding hydrogens is 196 g/mol. The molecule has 0 fully saturated rings. The molecule has 0 saturated heterocycles. The van der Waals surface area contributed by atoms with Gasteiger partial charge < -0.3 is 5.11 Å². The molecule has 3 rings (SSSR count). The normalized spacial score (nSPS) is 33.8. The first-order valence-electron chi connectivity index (χ1n) is 4.91. The monoisotopic (exact) mass is 206 g/mol. The average Bonchev–Trinajstić information content (AvgIpc) is 2.55. The fourth-order valence-electron chi connectivity index (χ4n) is 2.60. The van der Waals surface area contributed by atoms with Crippen LogP contribution in [0, 0.1) is 5.92 Å². The van der Waals surface area contributed by atoms with Gasteiger partial charge in [0.1, 0.15) is 0 Å². The smallest absolute Gasteiger partial charge is 0.0961 e. The van der Waals surface area contributed by atoms with Gasteiger partial charge in [-0.25, -0.2) is 0 Å². The molecule has 2 heteroatoms. The van der Waals surface area contributed by atoms with Crippen molar-refractivity contribution < 1.29 is 5.11 Å². The molecule has 3 atom stereocenters. The summed E-state index contributed by atoms with van der Waals surface area (Å²) in [6.45, 7) is 0. The summed E-state index contributed by atoms with van der Waals surface area (Å²) in [5.74, 6) is 1.02. The van der Waals surface area contributed by atoms with Gasteiger partial charge in [-0.15, -0.1) is 11.6 Å².